The van der Waals surface area contributed by atoms with Crippen molar-refractivity contribution in [1.29, 1.82) is 0 Å². The van der Waals surface area contributed by atoms with Crippen molar-refractivity contribution in [3.05, 3.63) is 0 Å². The number of alkyl halides is 1. The van der Waals surface area contributed by atoms with Gasteiger partial charge in [0.2, 0.25) is 0 Å². The molecule has 0 radical (unpaired) electrons. The molecule has 0 saturated carbocycles. The molecular weight excluding hydrogens is 156 g/mol. The van der Waals surface area contributed by atoms with Crippen molar-refractivity contribution in [2.45, 2.75) is 13.8 Å². The molecule has 0 fully saturated rings. The number of ether oxygens (including phenoxy) is 1. The summed E-state index contributed by atoms with van der Waals surface area (Å²) in [6, 6.07) is 0. The molecule has 1 N–H and O–H groups in total. The minimum atomic E-state index is -0.211. The fourth-order valence-electron chi connectivity index (χ4n) is 0.203. The summed E-state index contributed by atoms with van der Waals surface area (Å²) < 4.78 is 4.40. The van der Waals surface area contributed by atoms with E-state index < -0.39 is 0 Å². The van der Waals surface area contributed by atoms with Crippen molar-refractivity contribution in [2.75, 3.05) is 20.1 Å². The van der Waals surface area contributed by atoms with Crippen LogP contribution in [-0.2, 0) is 9.53 Å². The zero-order valence-corrected chi connectivity index (χ0v) is 7.60. The minimum absolute atomic E-state index is 0.211. The van der Waals surface area contributed by atoms with Gasteiger partial charge in [0.15, 0.2) is 0 Å². The third kappa shape index (κ3) is 47.1. The Bertz CT molecular complexity index is 57.0. The molecule has 0 aromatic carbocycles. The number of aliphatic hydroxyl groups is 1. The number of aliphatic hydroxyl groups excluding tert-OH is 1. The first-order valence-electron chi connectivity index (χ1n) is 2.73. The van der Waals surface area contributed by atoms with Crippen molar-refractivity contribution in [3.63, 3.8) is 0 Å². The van der Waals surface area contributed by atoms with E-state index in [2.05, 4.69) is 16.3 Å². The lowest BCUT2D eigenvalue weighted by Crippen LogP contribution is -1.95. The molecule has 0 saturated heterocycles. The molecule has 10 heavy (non-hydrogen) atoms. The van der Waals surface area contributed by atoms with Crippen LogP contribution in [0.25, 0.3) is 0 Å². The molecule has 0 aliphatic heterocycles. The Hall–Kier alpha value is -0.280. The maximum atomic E-state index is 9.82. The summed E-state index contributed by atoms with van der Waals surface area (Å²) in [7, 11) is 1.00. The molecule has 4 heteroatoms. The molecule has 0 bridgehead atoms. The molecule has 3 nitrogen and oxygen atoms in total. The van der Waals surface area contributed by atoms with Gasteiger partial charge in [0.1, 0.15) is 0 Å². The van der Waals surface area contributed by atoms with Gasteiger partial charge in [-0.15, -0.1) is 11.6 Å². The molecule has 0 amide bonds. The summed E-state index contributed by atoms with van der Waals surface area (Å²) >= 11 is 4.64. The lowest BCUT2D eigenvalue weighted by Gasteiger charge is -1.89. The summed E-state index contributed by atoms with van der Waals surface area (Å²) in [5.74, 6) is -0.211. The predicted molar refractivity (Wildman–Crippen MR) is 42.2 cm³/mol. The van der Waals surface area contributed by atoms with Crippen LogP contribution in [0.1, 0.15) is 13.8 Å². The van der Waals surface area contributed by atoms with E-state index in [1.807, 2.05) is 0 Å². The second-order valence-electron chi connectivity index (χ2n) is 0.925. The molecule has 0 aliphatic carbocycles. The average molecular weight is 171 g/mol. The smallest absolute Gasteiger partial charge is 0.302 e. The fourth-order valence-corrected chi connectivity index (χ4v) is 0.203. The van der Waals surface area contributed by atoms with Crippen molar-refractivity contribution in [2.24, 2.45) is 0 Å². The summed E-state index contributed by atoms with van der Waals surface area (Å²) in [6.45, 7) is 3.65. The van der Waals surface area contributed by atoms with E-state index in [0.717, 1.165) is 7.11 Å². The van der Waals surface area contributed by atoms with E-state index in [4.69, 9.17) is 5.11 Å². The predicted octanol–water partition coefficient (Wildman–Crippen LogP) is 1.03. The van der Waals surface area contributed by atoms with Gasteiger partial charge in [0, 0.05) is 20.4 Å². The van der Waals surface area contributed by atoms with Crippen LogP contribution in [0.15, 0.2) is 0 Å². The first-order chi connectivity index (χ1) is 4.77. The minimum Gasteiger partial charge on any atom is -0.466 e. The Kier molecular flexibility index (Phi) is 38.2. The fraction of sp³-hybridized carbons (Fsp3) is 0.833. The summed E-state index contributed by atoms with van der Waals surface area (Å²) in [5, 5.41) is 7.00. The number of carbonyl (C=O) groups excluding carboxylic acids is 1. The first-order valence-corrected chi connectivity index (χ1v) is 3.49. The molecule has 0 aromatic rings. The summed E-state index contributed by atoms with van der Waals surface area (Å²) in [4.78, 5) is 9.82. The standard InChI is InChI=1S/C4H8O2.CH3Cl.CH4O/c1-3-6-4(2)5;2*1-2/h3H2,1-2H3;1H3;2H,1H3. The number of hydrogen-bond acceptors (Lipinski definition) is 3. The Balaban J connectivity index is -0.000000105. The van der Waals surface area contributed by atoms with Crippen LogP contribution in [0.3, 0.4) is 0 Å². The quantitative estimate of drug-likeness (QED) is 0.473. The third-order valence-electron chi connectivity index (χ3n) is 0.348. The maximum Gasteiger partial charge on any atom is 0.302 e. The highest BCUT2D eigenvalue weighted by Crippen LogP contribution is 1.69. The van der Waals surface area contributed by atoms with E-state index in [-0.39, 0.29) is 5.97 Å². The highest BCUT2D eigenvalue weighted by Gasteiger charge is 1.81. The third-order valence-corrected chi connectivity index (χ3v) is 0.348. The van der Waals surface area contributed by atoms with Gasteiger partial charge in [-0.05, 0) is 6.92 Å². The SMILES string of the molecule is CCOC(C)=O.CCl.CO. The molecule has 0 atom stereocenters. The molecule has 0 heterocycles. The summed E-state index contributed by atoms with van der Waals surface area (Å²) in [5.41, 5.74) is 0. The van der Waals surface area contributed by atoms with Gasteiger partial charge in [0.25, 0.3) is 0 Å². The van der Waals surface area contributed by atoms with Gasteiger partial charge in [-0.1, -0.05) is 0 Å². The van der Waals surface area contributed by atoms with Gasteiger partial charge in [-0.25, -0.2) is 0 Å². The van der Waals surface area contributed by atoms with Crippen molar-refractivity contribution >= 4 is 17.6 Å². The van der Waals surface area contributed by atoms with Crippen LogP contribution in [0, 0.1) is 0 Å². The van der Waals surface area contributed by atoms with Gasteiger partial charge >= 0.3 is 5.97 Å². The monoisotopic (exact) mass is 170 g/mol. The topological polar surface area (TPSA) is 46.5 Å². The van der Waals surface area contributed by atoms with E-state index in [9.17, 15) is 4.79 Å². The number of esters is 1. The van der Waals surface area contributed by atoms with Gasteiger partial charge in [0.05, 0.1) is 6.61 Å². The number of halogens is 1. The Morgan fingerprint density at radius 3 is 1.80 bits per heavy atom. The zero-order chi connectivity index (χ0) is 8.99. The number of rotatable bonds is 1. The van der Waals surface area contributed by atoms with Crippen LogP contribution in [-0.4, -0.2) is 31.2 Å². The number of carbonyl (C=O) groups is 1. The van der Waals surface area contributed by atoms with E-state index >= 15 is 0 Å². The Morgan fingerprint density at radius 2 is 1.80 bits per heavy atom. The van der Waals surface area contributed by atoms with Crippen LogP contribution in [0.5, 0.6) is 0 Å². The van der Waals surface area contributed by atoms with Crippen LogP contribution in [0.4, 0.5) is 0 Å². The second-order valence-corrected chi connectivity index (χ2v) is 0.925. The molecule has 0 spiro atoms. The molecule has 0 unspecified atom stereocenters. The Morgan fingerprint density at radius 1 is 1.50 bits per heavy atom. The highest BCUT2D eigenvalue weighted by molar-refractivity contribution is 6.15. The van der Waals surface area contributed by atoms with Crippen molar-refractivity contribution < 1.29 is 14.6 Å². The maximum absolute atomic E-state index is 9.82. The first kappa shape index (κ1) is 16.4. The van der Waals surface area contributed by atoms with Crippen LogP contribution in [0.2, 0.25) is 0 Å². The molecular formula is C6H15ClO3. The molecule has 0 aliphatic rings. The van der Waals surface area contributed by atoms with E-state index in [0.29, 0.717) is 6.61 Å². The van der Waals surface area contributed by atoms with Gasteiger partial charge in [-0.3, -0.25) is 4.79 Å². The van der Waals surface area contributed by atoms with Gasteiger partial charge in [-0.2, -0.15) is 0 Å². The van der Waals surface area contributed by atoms with E-state index in [1.165, 1.54) is 13.3 Å². The van der Waals surface area contributed by atoms with Crippen LogP contribution < -0.4 is 0 Å². The largest absolute Gasteiger partial charge is 0.466 e. The van der Waals surface area contributed by atoms with Crippen molar-refractivity contribution in [3.8, 4) is 0 Å². The zero-order valence-electron chi connectivity index (χ0n) is 6.85. The second kappa shape index (κ2) is 23.3. The van der Waals surface area contributed by atoms with Crippen LogP contribution >= 0.6 is 11.6 Å². The highest BCUT2D eigenvalue weighted by atomic mass is 35.5. The van der Waals surface area contributed by atoms with Gasteiger partial charge < -0.3 is 9.84 Å². The summed E-state index contributed by atoms with van der Waals surface area (Å²) in [6.07, 6.45) is 1.47. The normalized spacial score (nSPS) is 5.80. The molecule has 0 aromatic heterocycles. The molecule has 64 valence electrons. The number of hydrogen-bond donors (Lipinski definition) is 1. The lowest BCUT2D eigenvalue weighted by molar-refractivity contribution is -0.140. The Labute approximate surface area is 66.9 Å². The molecule has 0 rings (SSSR count). The van der Waals surface area contributed by atoms with Crippen molar-refractivity contribution in [1.82, 2.24) is 0 Å². The van der Waals surface area contributed by atoms with E-state index in [1.54, 1.807) is 6.92 Å². The lowest BCUT2D eigenvalue weighted by atomic mass is 10.8. The average Bonchev–Trinajstić information content (AvgIpc) is 1.96.